The zero-order valence-electron chi connectivity index (χ0n) is 13.0. The molecule has 0 aliphatic carbocycles. The lowest BCUT2D eigenvalue weighted by Gasteiger charge is -2.22. The molecule has 2 rings (SSSR count). The van der Waals surface area contributed by atoms with E-state index in [1.54, 1.807) is 25.3 Å². The molecule has 2 aromatic carbocycles. The Morgan fingerprint density at radius 3 is 2.50 bits per heavy atom. The van der Waals surface area contributed by atoms with Crippen LogP contribution in [0.15, 0.2) is 34.8 Å². The minimum atomic E-state index is -4.45. The molecule has 0 amide bonds. The van der Waals surface area contributed by atoms with Crippen molar-refractivity contribution in [1.29, 1.82) is 0 Å². The monoisotopic (exact) mass is 468 g/mol. The van der Waals surface area contributed by atoms with Gasteiger partial charge in [0.2, 0.25) is 0 Å². The van der Waals surface area contributed by atoms with E-state index in [4.69, 9.17) is 9.47 Å². The third-order valence-electron chi connectivity index (χ3n) is 3.58. The third kappa shape index (κ3) is 4.64. The Morgan fingerprint density at radius 1 is 1.12 bits per heavy atom. The van der Waals surface area contributed by atoms with Crippen LogP contribution in [0.5, 0.6) is 5.75 Å². The Labute approximate surface area is 155 Å². The summed E-state index contributed by atoms with van der Waals surface area (Å²) in [5, 5.41) is 2.23. The molecule has 0 aliphatic heterocycles. The molecule has 0 fully saturated rings. The zero-order valence-corrected chi connectivity index (χ0v) is 16.2. The molecule has 7 heteroatoms. The van der Waals surface area contributed by atoms with Gasteiger partial charge in [0, 0.05) is 11.9 Å². The van der Waals surface area contributed by atoms with Crippen molar-refractivity contribution in [3.8, 4) is 5.75 Å². The molecule has 0 saturated carbocycles. The predicted octanol–water partition coefficient (Wildman–Crippen LogP) is 6.41. The lowest BCUT2D eigenvalue weighted by Crippen LogP contribution is -2.24. The number of fused-ring (bicyclic) bond motifs is 1. The lowest BCUT2D eigenvalue weighted by atomic mass is 10.0. The Bertz CT molecular complexity index is 689. The van der Waals surface area contributed by atoms with E-state index < -0.39 is 12.3 Å². The minimum Gasteiger partial charge on any atom is -0.496 e. The second-order valence-electron chi connectivity index (χ2n) is 5.25. The van der Waals surface area contributed by atoms with Gasteiger partial charge < -0.3 is 9.47 Å². The van der Waals surface area contributed by atoms with Gasteiger partial charge in [-0.15, -0.1) is 0 Å². The first-order valence-corrected chi connectivity index (χ1v) is 9.30. The number of rotatable bonds is 7. The highest BCUT2D eigenvalue weighted by Gasteiger charge is 2.41. The van der Waals surface area contributed by atoms with Gasteiger partial charge in [-0.05, 0) is 57.2 Å². The summed E-state index contributed by atoms with van der Waals surface area (Å²) in [4.78, 5) is 0. The van der Waals surface area contributed by atoms with Gasteiger partial charge in [0.05, 0.1) is 11.6 Å². The van der Waals surface area contributed by atoms with Crippen LogP contribution in [-0.4, -0.2) is 25.2 Å². The van der Waals surface area contributed by atoms with E-state index in [2.05, 4.69) is 31.9 Å². The van der Waals surface area contributed by atoms with Crippen molar-refractivity contribution in [3.05, 3.63) is 40.4 Å². The smallest absolute Gasteiger partial charge is 0.418 e. The van der Waals surface area contributed by atoms with Crippen molar-refractivity contribution in [1.82, 2.24) is 0 Å². The fourth-order valence-corrected chi connectivity index (χ4v) is 3.44. The molecule has 0 heterocycles. The van der Waals surface area contributed by atoms with E-state index >= 15 is 0 Å². The molecule has 24 heavy (non-hydrogen) atoms. The second kappa shape index (κ2) is 8.54. The van der Waals surface area contributed by atoms with Crippen LogP contribution in [0.4, 0.5) is 13.2 Å². The Kier molecular flexibility index (Phi) is 6.95. The largest absolute Gasteiger partial charge is 0.496 e. The van der Waals surface area contributed by atoms with Gasteiger partial charge in [0.1, 0.15) is 5.75 Å². The highest BCUT2D eigenvalue weighted by molar-refractivity contribution is 9.10. The molecular formula is C17H17Br2F3O2. The first kappa shape index (κ1) is 19.5. The van der Waals surface area contributed by atoms with Crippen LogP contribution in [0, 0.1) is 0 Å². The number of hydrogen-bond acceptors (Lipinski definition) is 2. The molecule has 0 radical (unpaired) electrons. The molecule has 0 N–H and O–H groups in total. The van der Waals surface area contributed by atoms with Crippen LogP contribution in [-0.2, 0) is 4.74 Å². The van der Waals surface area contributed by atoms with Crippen molar-refractivity contribution in [2.45, 2.75) is 25.1 Å². The number of alkyl halides is 4. The lowest BCUT2D eigenvalue weighted by molar-refractivity contribution is -0.224. The summed E-state index contributed by atoms with van der Waals surface area (Å²) in [6.07, 6.45) is -5.02. The Hall–Kier alpha value is -0.790. The van der Waals surface area contributed by atoms with E-state index in [0.717, 1.165) is 21.6 Å². The summed E-state index contributed by atoms with van der Waals surface area (Å²) >= 11 is 6.67. The van der Waals surface area contributed by atoms with Gasteiger partial charge in [0.25, 0.3) is 0 Å². The number of methoxy groups -OCH3 is 1. The second-order valence-corrected chi connectivity index (χ2v) is 6.84. The molecule has 0 aromatic heterocycles. The standard InChI is InChI=1S/C17H17Br2F3O2/c1-23-14-7-5-11-10-12(4-6-13(11)15(14)19)16(17(20,21)22)24-9-3-2-8-18/h4-7,10,16H,2-3,8-9H2,1H3. The van der Waals surface area contributed by atoms with Crippen molar-refractivity contribution >= 4 is 42.6 Å². The van der Waals surface area contributed by atoms with Crippen LogP contribution >= 0.6 is 31.9 Å². The molecule has 2 aromatic rings. The normalized spacial score (nSPS) is 13.2. The highest BCUT2D eigenvalue weighted by Crippen LogP contribution is 2.39. The average molecular weight is 470 g/mol. The van der Waals surface area contributed by atoms with Crippen LogP contribution < -0.4 is 4.74 Å². The first-order chi connectivity index (χ1) is 11.4. The van der Waals surface area contributed by atoms with Crippen LogP contribution in [0.3, 0.4) is 0 Å². The molecule has 0 saturated heterocycles. The van der Waals surface area contributed by atoms with Crippen molar-refractivity contribution in [3.63, 3.8) is 0 Å². The van der Waals surface area contributed by atoms with Gasteiger partial charge in [-0.1, -0.05) is 34.1 Å². The van der Waals surface area contributed by atoms with Crippen molar-refractivity contribution in [2.75, 3.05) is 19.0 Å². The Morgan fingerprint density at radius 2 is 1.88 bits per heavy atom. The van der Waals surface area contributed by atoms with Crippen molar-refractivity contribution < 1.29 is 22.6 Å². The maximum atomic E-state index is 13.3. The van der Waals surface area contributed by atoms with Gasteiger partial charge in [-0.3, -0.25) is 0 Å². The van der Waals surface area contributed by atoms with E-state index in [9.17, 15) is 13.2 Å². The van der Waals surface area contributed by atoms with E-state index in [0.29, 0.717) is 17.6 Å². The maximum absolute atomic E-state index is 13.3. The van der Waals surface area contributed by atoms with E-state index in [1.165, 1.54) is 12.1 Å². The average Bonchev–Trinajstić information content (AvgIpc) is 2.54. The van der Waals surface area contributed by atoms with Crippen molar-refractivity contribution in [2.24, 2.45) is 0 Å². The SMILES string of the molecule is COc1ccc2cc(C(OCCCCBr)C(F)(F)F)ccc2c1Br. The first-order valence-electron chi connectivity index (χ1n) is 7.39. The molecular weight excluding hydrogens is 453 g/mol. The van der Waals surface area contributed by atoms with Gasteiger partial charge >= 0.3 is 6.18 Å². The molecule has 1 unspecified atom stereocenters. The van der Waals surface area contributed by atoms with Gasteiger partial charge in [0.15, 0.2) is 6.10 Å². The summed E-state index contributed by atoms with van der Waals surface area (Å²) in [6, 6.07) is 8.07. The van der Waals surface area contributed by atoms with Gasteiger partial charge in [-0.25, -0.2) is 0 Å². The number of unbranched alkanes of at least 4 members (excludes halogenated alkanes) is 1. The van der Waals surface area contributed by atoms with Crippen LogP contribution in [0.2, 0.25) is 0 Å². The predicted molar refractivity (Wildman–Crippen MR) is 96.0 cm³/mol. The zero-order chi connectivity index (χ0) is 17.7. The molecule has 1 atom stereocenters. The summed E-state index contributed by atoms with van der Waals surface area (Å²) in [6.45, 7) is 0.0696. The summed E-state index contributed by atoms with van der Waals surface area (Å²) in [5.41, 5.74) is 0.103. The fourth-order valence-electron chi connectivity index (χ4n) is 2.39. The molecule has 132 valence electrons. The summed E-state index contributed by atoms with van der Waals surface area (Å²) in [5.74, 6) is 0.633. The quantitative estimate of drug-likeness (QED) is 0.344. The number of benzene rings is 2. The summed E-state index contributed by atoms with van der Waals surface area (Å²) in [7, 11) is 1.54. The molecule has 2 nitrogen and oxygen atoms in total. The summed E-state index contributed by atoms with van der Waals surface area (Å²) < 4.78 is 51.1. The minimum absolute atomic E-state index is 0.0696. The Balaban J connectivity index is 2.32. The highest BCUT2D eigenvalue weighted by atomic mass is 79.9. The fraction of sp³-hybridized carbons (Fsp3) is 0.412. The molecule has 0 aliphatic rings. The molecule has 0 spiro atoms. The molecule has 0 bridgehead atoms. The number of hydrogen-bond donors (Lipinski definition) is 0. The van der Waals surface area contributed by atoms with Crippen LogP contribution in [0.25, 0.3) is 10.8 Å². The third-order valence-corrected chi connectivity index (χ3v) is 4.95. The number of halogens is 5. The topological polar surface area (TPSA) is 18.5 Å². The van der Waals surface area contributed by atoms with E-state index in [-0.39, 0.29) is 12.2 Å². The maximum Gasteiger partial charge on any atom is 0.418 e. The van der Waals surface area contributed by atoms with E-state index in [1.807, 2.05) is 0 Å². The van der Waals surface area contributed by atoms with Crippen LogP contribution in [0.1, 0.15) is 24.5 Å². The number of ether oxygens (including phenoxy) is 2. The van der Waals surface area contributed by atoms with Gasteiger partial charge in [-0.2, -0.15) is 13.2 Å².